The summed E-state index contributed by atoms with van der Waals surface area (Å²) in [6, 6.07) is 0.239. The molecule has 2 atom stereocenters. The summed E-state index contributed by atoms with van der Waals surface area (Å²) in [5, 5.41) is 4.37. The number of hydrogen-bond donors (Lipinski definition) is 1. The smallest absolute Gasteiger partial charge is 0.0308 e. The highest BCUT2D eigenvalue weighted by atomic mass is 32.1. The fourth-order valence-electron chi connectivity index (χ4n) is 1.92. The minimum absolute atomic E-state index is 0.239. The first-order chi connectivity index (χ1) is 6.65. The molecule has 80 valence electrons. The average molecular weight is 211 g/mol. The zero-order valence-corrected chi connectivity index (χ0v) is 10.2. The van der Waals surface area contributed by atoms with Gasteiger partial charge in [0.05, 0.1) is 0 Å². The van der Waals surface area contributed by atoms with Crippen molar-refractivity contribution in [3.8, 4) is 0 Å². The summed E-state index contributed by atoms with van der Waals surface area (Å²) in [5.41, 5.74) is 8.88. The van der Waals surface area contributed by atoms with Crippen LogP contribution in [0.25, 0.3) is 0 Å². The van der Waals surface area contributed by atoms with Crippen LogP contribution in [-0.4, -0.2) is 0 Å². The maximum absolute atomic E-state index is 6.18. The van der Waals surface area contributed by atoms with Crippen LogP contribution in [0.2, 0.25) is 0 Å². The molecule has 2 unspecified atom stereocenters. The standard InChI is InChI=1S/C12H21NS/c1-4-5-9(2)6-12(13)11-8-14-7-10(11)3/h7-9,12H,4-6,13H2,1-3H3. The molecule has 1 nitrogen and oxygen atoms in total. The van der Waals surface area contributed by atoms with Crippen molar-refractivity contribution in [1.82, 2.24) is 0 Å². The van der Waals surface area contributed by atoms with Gasteiger partial charge in [-0.3, -0.25) is 0 Å². The molecule has 1 heterocycles. The van der Waals surface area contributed by atoms with E-state index in [-0.39, 0.29) is 6.04 Å². The Morgan fingerprint density at radius 1 is 1.43 bits per heavy atom. The Morgan fingerprint density at radius 3 is 2.64 bits per heavy atom. The van der Waals surface area contributed by atoms with Gasteiger partial charge in [0.25, 0.3) is 0 Å². The van der Waals surface area contributed by atoms with Crippen molar-refractivity contribution in [2.24, 2.45) is 11.7 Å². The Bertz CT molecular complexity index is 267. The molecule has 0 aliphatic rings. The molecule has 0 aliphatic heterocycles. The summed E-state index contributed by atoms with van der Waals surface area (Å²) in [5.74, 6) is 0.745. The number of nitrogens with two attached hydrogens (primary N) is 1. The van der Waals surface area contributed by atoms with E-state index in [4.69, 9.17) is 5.73 Å². The molecule has 14 heavy (non-hydrogen) atoms. The molecule has 0 fully saturated rings. The van der Waals surface area contributed by atoms with E-state index in [2.05, 4.69) is 31.5 Å². The van der Waals surface area contributed by atoms with Gasteiger partial charge < -0.3 is 5.73 Å². The van der Waals surface area contributed by atoms with Gasteiger partial charge in [0.1, 0.15) is 0 Å². The topological polar surface area (TPSA) is 26.0 Å². The fourth-order valence-corrected chi connectivity index (χ4v) is 2.84. The van der Waals surface area contributed by atoms with Gasteiger partial charge in [-0.25, -0.2) is 0 Å². The largest absolute Gasteiger partial charge is 0.324 e. The highest BCUT2D eigenvalue weighted by Gasteiger charge is 2.12. The lowest BCUT2D eigenvalue weighted by molar-refractivity contribution is 0.440. The molecular weight excluding hydrogens is 190 g/mol. The molecule has 1 aromatic rings. The summed E-state index contributed by atoms with van der Waals surface area (Å²) < 4.78 is 0. The second-order valence-corrected chi connectivity index (χ2v) is 4.99. The van der Waals surface area contributed by atoms with Gasteiger partial charge in [0.15, 0.2) is 0 Å². The maximum Gasteiger partial charge on any atom is 0.0308 e. The van der Waals surface area contributed by atoms with Crippen LogP contribution in [0.4, 0.5) is 0 Å². The number of thiophene rings is 1. The minimum Gasteiger partial charge on any atom is -0.324 e. The average Bonchev–Trinajstić information content (AvgIpc) is 2.51. The summed E-state index contributed by atoms with van der Waals surface area (Å²) in [6.07, 6.45) is 3.67. The number of hydrogen-bond acceptors (Lipinski definition) is 2. The zero-order chi connectivity index (χ0) is 10.6. The molecule has 0 saturated heterocycles. The molecule has 1 aromatic heterocycles. The predicted molar refractivity (Wildman–Crippen MR) is 64.7 cm³/mol. The van der Waals surface area contributed by atoms with Crippen molar-refractivity contribution in [1.29, 1.82) is 0 Å². The molecule has 0 amide bonds. The minimum atomic E-state index is 0.239. The predicted octanol–water partition coefficient (Wildman–Crippen LogP) is 3.88. The first-order valence-electron chi connectivity index (χ1n) is 5.43. The van der Waals surface area contributed by atoms with Gasteiger partial charge in [-0.2, -0.15) is 11.3 Å². The normalized spacial score (nSPS) is 15.4. The summed E-state index contributed by atoms with van der Waals surface area (Å²) in [4.78, 5) is 0. The first-order valence-corrected chi connectivity index (χ1v) is 6.37. The lowest BCUT2D eigenvalue weighted by atomic mass is 9.93. The van der Waals surface area contributed by atoms with E-state index in [0.29, 0.717) is 0 Å². The van der Waals surface area contributed by atoms with Crippen molar-refractivity contribution in [2.45, 2.75) is 46.1 Å². The highest BCUT2D eigenvalue weighted by molar-refractivity contribution is 7.08. The third kappa shape index (κ3) is 3.10. The van der Waals surface area contributed by atoms with E-state index < -0.39 is 0 Å². The van der Waals surface area contributed by atoms with Crippen molar-refractivity contribution in [2.75, 3.05) is 0 Å². The molecule has 2 heteroatoms. The van der Waals surface area contributed by atoms with Crippen LogP contribution in [0, 0.1) is 12.8 Å². The molecule has 0 aliphatic carbocycles. The van der Waals surface area contributed by atoms with E-state index in [9.17, 15) is 0 Å². The lowest BCUT2D eigenvalue weighted by Crippen LogP contribution is -2.14. The van der Waals surface area contributed by atoms with E-state index in [1.807, 2.05) is 0 Å². The quantitative estimate of drug-likeness (QED) is 0.786. The van der Waals surface area contributed by atoms with E-state index in [1.165, 1.54) is 24.0 Å². The van der Waals surface area contributed by atoms with Crippen molar-refractivity contribution >= 4 is 11.3 Å². The van der Waals surface area contributed by atoms with Crippen molar-refractivity contribution in [3.63, 3.8) is 0 Å². The van der Waals surface area contributed by atoms with Gasteiger partial charge in [-0.1, -0.05) is 26.7 Å². The first kappa shape index (κ1) is 11.7. The van der Waals surface area contributed by atoms with Crippen LogP contribution in [-0.2, 0) is 0 Å². The van der Waals surface area contributed by atoms with Gasteiger partial charge in [0, 0.05) is 6.04 Å². The molecule has 0 radical (unpaired) electrons. The van der Waals surface area contributed by atoms with Crippen LogP contribution in [0.5, 0.6) is 0 Å². The Morgan fingerprint density at radius 2 is 2.14 bits per heavy atom. The molecule has 1 rings (SSSR count). The number of aryl methyl sites for hydroxylation is 1. The van der Waals surface area contributed by atoms with E-state index in [0.717, 1.165) is 12.3 Å². The van der Waals surface area contributed by atoms with E-state index in [1.54, 1.807) is 11.3 Å². The lowest BCUT2D eigenvalue weighted by Gasteiger charge is -2.16. The van der Waals surface area contributed by atoms with Crippen LogP contribution < -0.4 is 5.73 Å². The summed E-state index contributed by atoms with van der Waals surface area (Å²) in [7, 11) is 0. The third-order valence-corrected chi connectivity index (χ3v) is 3.61. The Hall–Kier alpha value is -0.340. The van der Waals surface area contributed by atoms with Gasteiger partial charge in [-0.05, 0) is 41.1 Å². The number of rotatable bonds is 5. The van der Waals surface area contributed by atoms with Gasteiger partial charge in [0.2, 0.25) is 0 Å². The van der Waals surface area contributed by atoms with Gasteiger partial charge >= 0.3 is 0 Å². The Kier molecular flexibility index (Phi) is 4.63. The summed E-state index contributed by atoms with van der Waals surface area (Å²) in [6.45, 7) is 6.68. The van der Waals surface area contributed by atoms with Crippen LogP contribution >= 0.6 is 11.3 Å². The molecule has 2 N–H and O–H groups in total. The SMILES string of the molecule is CCCC(C)CC(N)c1cscc1C. The third-order valence-electron chi connectivity index (χ3n) is 2.73. The fraction of sp³-hybridized carbons (Fsp3) is 0.667. The maximum atomic E-state index is 6.18. The second kappa shape index (κ2) is 5.52. The van der Waals surface area contributed by atoms with Crippen LogP contribution in [0.15, 0.2) is 10.8 Å². The molecule has 0 bridgehead atoms. The second-order valence-electron chi connectivity index (χ2n) is 4.25. The molecule has 0 saturated carbocycles. The van der Waals surface area contributed by atoms with Gasteiger partial charge in [-0.15, -0.1) is 0 Å². The van der Waals surface area contributed by atoms with Crippen molar-refractivity contribution in [3.05, 3.63) is 21.9 Å². The monoisotopic (exact) mass is 211 g/mol. The summed E-state index contributed by atoms with van der Waals surface area (Å²) >= 11 is 1.75. The van der Waals surface area contributed by atoms with E-state index >= 15 is 0 Å². The molecule has 0 aromatic carbocycles. The van der Waals surface area contributed by atoms with Crippen molar-refractivity contribution < 1.29 is 0 Å². The zero-order valence-electron chi connectivity index (χ0n) is 9.42. The Labute approximate surface area is 91.3 Å². The highest BCUT2D eigenvalue weighted by Crippen LogP contribution is 2.26. The molecule has 0 spiro atoms. The van der Waals surface area contributed by atoms with Crippen LogP contribution in [0.3, 0.4) is 0 Å². The Balaban J connectivity index is 2.50. The van der Waals surface area contributed by atoms with Crippen LogP contribution in [0.1, 0.15) is 50.3 Å². The molecular formula is C12H21NS.